The van der Waals surface area contributed by atoms with Gasteiger partial charge in [0, 0.05) is 5.39 Å². The Morgan fingerprint density at radius 2 is 2.00 bits per heavy atom. The maximum absolute atomic E-state index is 10.8. The second-order valence-corrected chi connectivity index (χ2v) is 4.07. The Bertz CT molecular complexity index is 547. The molecule has 0 aliphatic carbocycles. The first kappa shape index (κ1) is 10.6. The van der Waals surface area contributed by atoms with E-state index in [1.165, 1.54) is 5.56 Å². The summed E-state index contributed by atoms with van der Waals surface area (Å²) in [7, 11) is 0. The Morgan fingerprint density at radius 3 is 2.62 bits per heavy atom. The molecular weight excluding hydrogens is 202 g/mol. The van der Waals surface area contributed by atoms with Crippen LogP contribution in [0, 0.1) is 0 Å². The number of carboxylic acids is 1. The summed E-state index contributed by atoms with van der Waals surface area (Å²) in [6.07, 6.45) is 0. The molecule has 0 saturated carbocycles. The fraction of sp³-hybridized carbons (Fsp3) is 0.231. The van der Waals surface area contributed by atoms with Gasteiger partial charge in [0.2, 0.25) is 0 Å². The van der Waals surface area contributed by atoms with Gasteiger partial charge in [-0.25, -0.2) is 9.78 Å². The van der Waals surface area contributed by atoms with Crippen molar-refractivity contribution >= 4 is 16.9 Å². The van der Waals surface area contributed by atoms with Gasteiger partial charge in [0.15, 0.2) is 0 Å². The zero-order valence-corrected chi connectivity index (χ0v) is 9.27. The number of pyridine rings is 1. The average Bonchev–Trinajstić information content (AvgIpc) is 2.27. The van der Waals surface area contributed by atoms with Gasteiger partial charge in [-0.2, -0.15) is 0 Å². The highest BCUT2D eigenvalue weighted by Crippen LogP contribution is 2.24. The second-order valence-electron chi connectivity index (χ2n) is 4.07. The molecule has 0 amide bonds. The largest absolute Gasteiger partial charge is 0.477 e. The number of aromatic nitrogens is 1. The third kappa shape index (κ3) is 1.76. The molecule has 3 heteroatoms. The van der Waals surface area contributed by atoms with Crippen molar-refractivity contribution in [1.82, 2.24) is 4.98 Å². The average molecular weight is 215 g/mol. The standard InChI is InChI=1S/C13H13NO2/c1-8(2)9-4-3-5-11-10(9)6-7-12(14-11)13(15)16/h3-8H,1-2H3,(H,15,16). The van der Waals surface area contributed by atoms with Gasteiger partial charge in [-0.1, -0.05) is 32.0 Å². The third-order valence-corrected chi connectivity index (χ3v) is 2.61. The van der Waals surface area contributed by atoms with E-state index in [0.717, 1.165) is 10.9 Å². The highest BCUT2D eigenvalue weighted by Gasteiger charge is 2.09. The number of hydrogen-bond donors (Lipinski definition) is 1. The lowest BCUT2D eigenvalue weighted by atomic mass is 9.98. The summed E-state index contributed by atoms with van der Waals surface area (Å²) in [4.78, 5) is 14.9. The van der Waals surface area contributed by atoms with Crippen LogP contribution in [-0.4, -0.2) is 16.1 Å². The van der Waals surface area contributed by atoms with Crippen LogP contribution in [0.5, 0.6) is 0 Å². The van der Waals surface area contributed by atoms with Crippen LogP contribution in [-0.2, 0) is 0 Å². The predicted molar refractivity (Wildman–Crippen MR) is 62.8 cm³/mol. The van der Waals surface area contributed by atoms with Crippen molar-refractivity contribution in [2.75, 3.05) is 0 Å². The fourth-order valence-corrected chi connectivity index (χ4v) is 1.80. The smallest absolute Gasteiger partial charge is 0.354 e. The van der Waals surface area contributed by atoms with Crippen LogP contribution in [0.25, 0.3) is 10.9 Å². The van der Waals surface area contributed by atoms with Gasteiger partial charge in [0.25, 0.3) is 0 Å². The van der Waals surface area contributed by atoms with Gasteiger partial charge in [-0.15, -0.1) is 0 Å². The molecular formula is C13H13NO2. The SMILES string of the molecule is CC(C)c1cccc2nc(C(=O)O)ccc12. The maximum Gasteiger partial charge on any atom is 0.354 e. The Morgan fingerprint density at radius 1 is 1.25 bits per heavy atom. The van der Waals surface area contributed by atoms with E-state index in [9.17, 15) is 4.79 Å². The van der Waals surface area contributed by atoms with Crippen molar-refractivity contribution in [2.24, 2.45) is 0 Å². The van der Waals surface area contributed by atoms with Crippen molar-refractivity contribution in [3.8, 4) is 0 Å². The van der Waals surface area contributed by atoms with Crippen LogP contribution in [0.3, 0.4) is 0 Å². The lowest BCUT2D eigenvalue weighted by molar-refractivity contribution is 0.0691. The molecule has 1 heterocycles. The van der Waals surface area contributed by atoms with Crippen molar-refractivity contribution in [3.05, 3.63) is 41.6 Å². The number of fused-ring (bicyclic) bond motifs is 1. The molecule has 2 rings (SSSR count). The van der Waals surface area contributed by atoms with Crippen LogP contribution in [0.2, 0.25) is 0 Å². The van der Waals surface area contributed by atoms with Crippen LogP contribution >= 0.6 is 0 Å². The summed E-state index contributed by atoms with van der Waals surface area (Å²) in [5.41, 5.74) is 2.03. The Balaban J connectivity index is 2.68. The molecule has 2 aromatic rings. The Hall–Kier alpha value is -1.90. The molecule has 16 heavy (non-hydrogen) atoms. The first-order valence-corrected chi connectivity index (χ1v) is 5.22. The van der Waals surface area contributed by atoms with E-state index >= 15 is 0 Å². The van der Waals surface area contributed by atoms with Crippen molar-refractivity contribution in [2.45, 2.75) is 19.8 Å². The molecule has 0 saturated heterocycles. The van der Waals surface area contributed by atoms with E-state index in [1.807, 2.05) is 18.2 Å². The van der Waals surface area contributed by atoms with Crippen molar-refractivity contribution in [3.63, 3.8) is 0 Å². The van der Waals surface area contributed by atoms with Crippen LogP contribution < -0.4 is 0 Å². The number of nitrogens with zero attached hydrogens (tertiary/aromatic N) is 1. The molecule has 0 radical (unpaired) electrons. The van der Waals surface area contributed by atoms with Gasteiger partial charge in [0.1, 0.15) is 5.69 Å². The normalized spacial score (nSPS) is 10.9. The van der Waals surface area contributed by atoms with Gasteiger partial charge < -0.3 is 5.11 Å². The Kier molecular flexibility index (Phi) is 2.60. The minimum absolute atomic E-state index is 0.0911. The van der Waals surface area contributed by atoms with E-state index in [0.29, 0.717) is 5.92 Å². The highest BCUT2D eigenvalue weighted by atomic mass is 16.4. The van der Waals surface area contributed by atoms with Crippen LogP contribution in [0.15, 0.2) is 30.3 Å². The van der Waals surface area contributed by atoms with Gasteiger partial charge in [-0.05, 0) is 23.6 Å². The molecule has 1 N–H and O–H groups in total. The van der Waals surface area contributed by atoms with E-state index in [2.05, 4.69) is 24.9 Å². The predicted octanol–water partition coefficient (Wildman–Crippen LogP) is 3.06. The first-order chi connectivity index (χ1) is 7.59. The summed E-state index contributed by atoms with van der Waals surface area (Å²) in [6, 6.07) is 9.19. The monoisotopic (exact) mass is 215 g/mol. The third-order valence-electron chi connectivity index (χ3n) is 2.61. The molecule has 82 valence electrons. The van der Waals surface area contributed by atoms with Gasteiger partial charge in [-0.3, -0.25) is 0 Å². The second kappa shape index (κ2) is 3.93. The van der Waals surface area contributed by atoms with Crippen molar-refractivity contribution < 1.29 is 9.90 Å². The number of hydrogen-bond acceptors (Lipinski definition) is 2. The van der Waals surface area contributed by atoms with E-state index in [-0.39, 0.29) is 5.69 Å². The highest BCUT2D eigenvalue weighted by molar-refractivity contribution is 5.90. The molecule has 0 fully saturated rings. The van der Waals surface area contributed by atoms with Gasteiger partial charge >= 0.3 is 5.97 Å². The fourth-order valence-electron chi connectivity index (χ4n) is 1.80. The first-order valence-electron chi connectivity index (χ1n) is 5.22. The number of benzene rings is 1. The molecule has 0 unspecified atom stereocenters. The van der Waals surface area contributed by atoms with Crippen molar-refractivity contribution in [1.29, 1.82) is 0 Å². The number of aromatic carboxylic acids is 1. The summed E-state index contributed by atoms with van der Waals surface area (Å²) >= 11 is 0. The van der Waals surface area contributed by atoms with E-state index in [1.54, 1.807) is 6.07 Å². The number of rotatable bonds is 2. The summed E-state index contributed by atoms with van der Waals surface area (Å²) in [5.74, 6) is -0.585. The molecule has 0 aliphatic heterocycles. The van der Waals surface area contributed by atoms with E-state index < -0.39 is 5.97 Å². The lowest BCUT2D eigenvalue weighted by Crippen LogP contribution is -2.00. The molecule has 0 spiro atoms. The molecule has 3 nitrogen and oxygen atoms in total. The van der Waals surface area contributed by atoms with Crippen LogP contribution in [0.1, 0.15) is 35.8 Å². The van der Waals surface area contributed by atoms with Crippen LogP contribution in [0.4, 0.5) is 0 Å². The summed E-state index contributed by atoms with van der Waals surface area (Å²) < 4.78 is 0. The lowest BCUT2D eigenvalue weighted by Gasteiger charge is -2.09. The van der Waals surface area contributed by atoms with E-state index in [4.69, 9.17) is 5.11 Å². The summed E-state index contributed by atoms with van der Waals surface area (Å²) in [6.45, 7) is 4.22. The molecule has 0 bridgehead atoms. The number of carbonyl (C=O) groups is 1. The minimum Gasteiger partial charge on any atom is -0.477 e. The minimum atomic E-state index is -0.989. The zero-order valence-electron chi connectivity index (χ0n) is 9.27. The molecule has 0 aliphatic rings. The molecule has 0 atom stereocenters. The van der Waals surface area contributed by atoms with Gasteiger partial charge in [0.05, 0.1) is 5.52 Å². The Labute approximate surface area is 93.7 Å². The number of carboxylic acid groups (broad SMARTS) is 1. The zero-order chi connectivity index (χ0) is 11.7. The molecule has 1 aromatic heterocycles. The summed E-state index contributed by atoms with van der Waals surface area (Å²) in [5, 5.41) is 9.89. The topological polar surface area (TPSA) is 50.2 Å². The quantitative estimate of drug-likeness (QED) is 0.837. The molecule has 1 aromatic carbocycles. The maximum atomic E-state index is 10.8.